The second kappa shape index (κ2) is 8.23. The number of hydrogen-bond donors (Lipinski definition) is 3. The molecular weight excluding hydrogens is 418 g/mol. The normalized spacial score (nSPS) is 14.7. The fourth-order valence-corrected chi connectivity index (χ4v) is 4.45. The summed E-state index contributed by atoms with van der Waals surface area (Å²) >= 11 is 0. The highest BCUT2D eigenvalue weighted by Gasteiger charge is 2.27. The average Bonchev–Trinajstić information content (AvgIpc) is 3.12. The van der Waals surface area contributed by atoms with Crippen molar-refractivity contribution >= 4 is 34.7 Å². The first-order valence-electron chi connectivity index (χ1n) is 11.1. The molecule has 0 saturated heterocycles. The molecule has 3 N–H and O–H groups in total. The molecule has 1 aliphatic carbocycles. The molecular formula is C24H27N7O2. The van der Waals surface area contributed by atoms with E-state index in [0.717, 1.165) is 48.4 Å². The lowest BCUT2D eigenvalue weighted by atomic mass is 9.85. The van der Waals surface area contributed by atoms with Crippen molar-refractivity contribution in [2.45, 2.75) is 25.8 Å². The number of hydrogen-bond acceptors (Lipinski definition) is 6. The Morgan fingerprint density at radius 2 is 1.97 bits per heavy atom. The van der Waals surface area contributed by atoms with Gasteiger partial charge in [-0.25, -0.2) is 4.98 Å². The number of carbonyl (C=O) groups is 2. The van der Waals surface area contributed by atoms with Crippen LogP contribution in [0.5, 0.6) is 0 Å². The van der Waals surface area contributed by atoms with Gasteiger partial charge in [-0.3, -0.25) is 14.3 Å². The van der Waals surface area contributed by atoms with Gasteiger partial charge in [0.1, 0.15) is 5.82 Å². The number of rotatable bonds is 5. The largest absolute Gasteiger partial charge is 0.368 e. The first-order chi connectivity index (χ1) is 15.9. The molecule has 1 aromatic carbocycles. The lowest BCUT2D eigenvalue weighted by Crippen LogP contribution is -2.28. The van der Waals surface area contributed by atoms with Crippen molar-refractivity contribution in [2.24, 2.45) is 13.0 Å². The van der Waals surface area contributed by atoms with Gasteiger partial charge in [-0.15, -0.1) is 0 Å². The van der Waals surface area contributed by atoms with Gasteiger partial charge in [-0.2, -0.15) is 5.10 Å². The number of aryl methyl sites for hydroxylation is 1. The van der Waals surface area contributed by atoms with Crippen LogP contribution < -0.4 is 20.9 Å². The van der Waals surface area contributed by atoms with Crippen molar-refractivity contribution in [2.75, 3.05) is 29.6 Å². The van der Waals surface area contributed by atoms with Crippen molar-refractivity contribution in [3.63, 3.8) is 0 Å². The van der Waals surface area contributed by atoms with Crippen molar-refractivity contribution in [1.82, 2.24) is 20.1 Å². The van der Waals surface area contributed by atoms with Gasteiger partial charge in [-0.05, 0) is 18.9 Å². The van der Waals surface area contributed by atoms with E-state index < -0.39 is 0 Å². The van der Waals surface area contributed by atoms with E-state index in [1.807, 2.05) is 37.1 Å². The molecule has 0 radical (unpaired) electrons. The van der Waals surface area contributed by atoms with E-state index in [9.17, 15) is 9.59 Å². The highest BCUT2D eigenvalue weighted by molar-refractivity contribution is 6.02. The summed E-state index contributed by atoms with van der Waals surface area (Å²) in [5.74, 6) is 0.190. The molecule has 33 heavy (non-hydrogen) atoms. The molecule has 0 bridgehead atoms. The maximum Gasteiger partial charge on any atom is 0.254 e. The fourth-order valence-electron chi connectivity index (χ4n) is 4.45. The van der Waals surface area contributed by atoms with E-state index in [4.69, 9.17) is 0 Å². The van der Waals surface area contributed by atoms with Gasteiger partial charge in [0.15, 0.2) is 0 Å². The SMILES string of the molecule is CNC(=O)c1cnc(NC(=O)C2CCC2)cc1Nc1cccc2c1N(C)Cc1cn(C)nc1-2. The van der Waals surface area contributed by atoms with Crippen LogP contribution in [0.15, 0.2) is 36.7 Å². The standard InChI is InChI=1S/C24H27N7O2/c1-25-24(33)17-11-26-20(28-23(32)14-6-4-7-14)10-19(17)27-18-9-5-8-16-21-15(13-31(3)29-21)12-30(2)22(16)18/h5,8-11,13-14H,4,6-7,12H2,1-3H3,(H,25,33)(H2,26,27,28,32). The van der Waals surface area contributed by atoms with Crippen LogP contribution in [-0.2, 0) is 18.4 Å². The molecule has 3 aromatic rings. The van der Waals surface area contributed by atoms with E-state index in [1.165, 1.54) is 11.8 Å². The number of aromatic nitrogens is 3. The molecule has 0 unspecified atom stereocenters. The fraction of sp³-hybridized carbons (Fsp3) is 0.333. The third-order valence-corrected chi connectivity index (χ3v) is 6.36. The summed E-state index contributed by atoms with van der Waals surface area (Å²) in [6.07, 6.45) is 6.43. The minimum Gasteiger partial charge on any atom is -0.368 e. The monoisotopic (exact) mass is 445 g/mol. The summed E-state index contributed by atoms with van der Waals surface area (Å²) in [4.78, 5) is 31.4. The van der Waals surface area contributed by atoms with E-state index in [2.05, 4.69) is 37.0 Å². The summed E-state index contributed by atoms with van der Waals surface area (Å²) in [6, 6.07) is 7.72. The smallest absolute Gasteiger partial charge is 0.254 e. The summed E-state index contributed by atoms with van der Waals surface area (Å²) in [7, 11) is 5.54. The topological polar surface area (TPSA) is 104 Å². The molecule has 9 heteroatoms. The third-order valence-electron chi connectivity index (χ3n) is 6.36. The Kier molecular flexibility index (Phi) is 5.24. The maximum absolute atomic E-state index is 12.5. The van der Waals surface area contributed by atoms with Crippen molar-refractivity contribution in [1.29, 1.82) is 0 Å². The molecule has 1 saturated carbocycles. The second-order valence-corrected chi connectivity index (χ2v) is 8.67. The summed E-state index contributed by atoms with van der Waals surface area (Å²) in [5, 5.41) is 13.6. The Balaban J connectivity index is 1.53. The van der Waals surface area contributed by atoms with Gasteiger partial charge in [0.2, 0.25) is 5.91 Å². The number of fused-ring (bicyclic) bond motifs is 3. The van der Waals surface area contributed by atoms with Gasteiger partial charge in [0.05, 0.1) is 28.3 Å². The lowest BCUT2D eigenvalue weighted by molar-refractivity contribution is -0.122. The maximum atomic E-state index is 12.5. The molecule has 170 valence electrons. The predicted octanol–water partition coefficient (Wildman–Crippen LogP) is 3.27. The zero-order chi connectivity index (χ0) is 23.1. The predicted molar refractivity (Wildman–Crippen MR) is 128 cm³/mol. The van der Waals surface area contributed by atoms with Gasteiger partial charge < -0.3 is 20.9 Å². The number of pyridine rings is 1. The number of nitrogens with one attached hydrogen (secondary N) is 3. The van der Waals surface area contributed by atoms with Crippen LogP contribution in [0.4, 0.5) is 22.9 Å². The van der Waals surface area contributed by atoms with Crippen LogP contribution in [0.2, 0.25) is 0 Å². The lowest BCUT2D eigenvalue weighted by Gasteiger charge is -2.29. The minimum atomic E-state index is -0.257. The number of amides is 2. The quantitative estimate of drug-likeness (QED) is 0.557. The van der Waals surface area contributed by atoms with Gasteiger partial charge in [0, 0.05) is 63.2 Å². The molecule has 1 fully saturated rings. The molecule has 9 nitrogen and oxygen atoms in total. The molecule has 2 aromatic heterocycles. The number of anilines is 4. The zero-order valence-electron chi connectivity index (χ0n) is 19.0. The van der Waals surface area contributed by atoms with E-state index in [-0.39, 0.29) is 17.7 Å². The number of para-hydroxylation sites is 1. The Morgan fingerprint density at radius 3 is 2.70 bits per heavy atom. The average molecular weight is 446 g/mol. The number of nitrogens with zero attached hydrogens (tertiary/aromatic N) is 4. The van der Waals surface area contributed by atoms with E-state index >= 15 is 0 Å². The third kappa shape index (κ3) is 3.79. The molecule has 0 spiro atoms. The second-order valence-electron chi connectivity index (χ2n) is 8.67. The first kappa shape index (κ1) is 21.0. The van der Waals surface area contributed by atoms with Crippen LogP contribution in [0, 0.1) is 5.92 Å². The van der Waals surface area contributed by atoms with Crippen LogP contribution in [0.3, 0.4) is 0 Å². The van der Waals surface area contributed by atoms with Crippen LogP contribution in [0.1, 0.15) is 35.2 Å². The summed E-state index contributed by atoms with van der Waals surface area (Å²) in [5.41, 5.74) is 5.97. The van der Waals surface area contributed by atoms with E-state index in [1.54, 1.807) is 13.1 Å². The highest BCUT2D eigenvalue weighted by atomic mass is 16.2. The van der Waals surface area contributed by atoms with Crippen LogP contribution in [0.25, 0.3) is 11.3 Å². The van der Waals surface area contributed by atoms with Crippen LogP contribution >= 0.6 is 0 Å². The molecule has 0 atom stereocenters. The Hall–Kier alpha value is -3.88. The van der Waals surface area contributed by atoms with Crippen molar-refractivity contribution in [3.05, 3.63) is 47.8 Å². The van der Waals surface area contributed by atoms with Crippen molar-refractivity contribution < 1.29 is 9.59 Å². The zero-order valence-corrected chi connectivity index (χ0v) is 19.0. The van der Waals surface area contributed by atoms with Gasteiger partial charge >= 0.3 is 0 Å². The number of benzene rings is 1. The molecule has 2 amide bonds. The van der Waals surface area contributed by atoms with Gasteiger partial charge in [0.25, 0.3) is 5.91 Å². The van der Waals surface area contributed by atoms with Crippen molar-refractivity contribution in [3.8, 4) is 11.3 Å². The Bertz CT molecular complexity index is 1250. The molecule has 3 heterocycles. The van der Waals surface area contributed by atoms with Gasteiger partial charge in [-0.1, -0.05) is 18.6 Å². The highest BCUT2D eigenvalue weighted by Crippen LogP contribution is 2.43. The Morgan fingerprint density at radius 1 is 1.15 bits per heavy atom. The molecule has 2 aliphatic rings. The summed E-state index contributed by atoms with van der Waals surface area (Å²) < 4.78 is 1.83. The number of carbonyl (C=O) groups excluding carboxylic acids is 2. The van der Waals surface area contributed by atoms with E-state index in [0.29, 0.717) is 17.1 Å². The summed E-state index contributed by atoms with van der Waals surface area (Å²) in [6.45, 7) is 0.732. The minimum absolute atomic E-state index is 0.0214. The Labute approximate surface area is 192 Å². The van der Waals surface area contributed by atoms with Crippen LogP contribution in [-0.4, -0.2) is 40.7 Å². The first-order valence-corrected chi connectivity index (χ1v) is 11.1. The molecule has 5 rings (SSSR count). The molecule has 1 aliphatic heterocycles.